The van der Waals surface area contributed by atoms with Gasteiger partial charge in [-0.25, -0.2) is 0 Å². The van der Waals surface area contributed by atoms with Gasteiger partial charge < -0.3 is 11.1 Å². The SMILES string of the molecule is CCC(C)(C)CNc1ccnc2cc(N)ccc12. The zero-order valence-corrected chi connectivity index (χ0v) is 11.3. The maximum atomic E-state index is 5.78. The normalized spacial score (nSPS) is 11.7. The van der Waals surface area contributed by atoms with Crippen molar-refractivity contribution < 1.29 is 0 Å². The van der Waals surface area contributed by atoms with Crippen LogP contribution in [0.4, 0.5) is 11.4 Å². The minimum atomic E-state index is 0.295. The topological polar surface area (TPSA) is 50.9 Å². The Labute approximate surface area is 108 Å². The lowest BCUT2D eigenvalue weighted by Gasteiger charge is -2.24. The van der Waals surface area contributed by atoms with Crippen molar-refractivity contribution in [3.05, 3.63) is 30.5 Å². The van der Waals surface area contributed by atoms with Crippen LogP contribution in [0.25, 0.3) is 10.9 Å². The molecule has 3 heteroatoms. The fraction of sp³-hybridized carbons (Fsp3) is 0.400. The zero-order valence-electron chi connectivity index (χ0n) is 11.3. The Morgan fingerprint density at radius 1 is 1.28 bits per heavy atom. The van der Waals surface area contributed by atoms with E-state index in [1.165, 1.54) is 0 Å². The van der Waals surface area contributed by atoms with Crippen LogP contribution in [0.3, 0.4) is 0 Å². The molecule has 1 aromatic carbocycles. The van der Waals surface area contributed by atoms with Crippen molar-refractivity contribution in [1.29, 1.82) is 0 Å². The molecular formula is C15H21N3. The third-order valence-electron chi connectivity index (χ3n) is 3.48. The van der Waals surface area contributed by atoms with Gasteiger partial charge in [-0.2, -0.15) is 0 Å². The maximum Gasteiger partial charge on any atom is 0.0743 e. The van der Waals surface area contributed by atoms with Gasteiger partial charge in [0.1, 0.15) is 0 Å². The summed E-state index contributed by atoms with van der Waals surface area (Å²) in [6.07, 6.45) is 2.97. The van der Waals surface area contributed by atoms with Crippen LogP contribution in [0.2, 0.25) is 0 Å². The van der Waals surface area contributed by atoms with Crippen molar-refractivity contribution in [2.75, 3.05) is 17.6 Å². The highest BCUT2D eigenvalue weighted by Crippen LogP contribution is 2.26. The molecule has 18 heavy (non-hydrogen) atoms. The molecule has 0 atom stereocenters. The monoisotopic (exact) mass is 243 g/mol. The number of fused-ring (bicyclic) bond motifs is 1. The molecule has 3 nitrogen and oxygen atoms in total. The highest BCUT2D eigenvalue weighted by Gasteiger charge is 2.14. The van der Waals surface area contributed by atoms with E-state index in [1.54, 1.807) is 0 Å². The number of nitrogens with two attached hydrogens (primary N) is 1. The van der Waals surface area contributed by atoms with Gasteiger partial charge in [0.15, 0.2) is 0 Å². The molecule has 2 aromatic rings. The number of rotatable bonds is 4. The van der Waals surface area contributed by atoms with Gasteiger partial charge in [-0.15, -0.1) is 0 Å². The van der Waals surface area contributed by atoms with Gasteiger partial charge in [0.05, 0.1) is 5.52 Å². The van der Waals surface area contributed by atoms with E-state index in [4.69, 9.17) is 5.73 Å². The summed E-state index contributed by atoms with van der Waals surface area (Å²) in [6.45, 7) is 7.70. The molecule has 0 spiro atoms. The van der Waals surface area contributed by atoms with Crippen molar-refractivity contribution in [3.8, 4) is 0 Å². The summed E-state index contributed by atoms with van der Waals surface area (Å²) in [6, 6.07) is 7.87. The van der Waals surface area contributed by atoms with Crippen molar-refractivity contribution in [3.63, 3.8) is 0 Å². The summed E-state index contributed by atoms with van der Waals surface area (Å²) in [7, 11) is 0. The molecule has 0 saturated heterocycles. The van der Waals surface area contributed by atoms with E-state index in [0.717, 1.165) is 35.2 Å². The average molecular weight is 243 g/mol. The van der Waals surface area contributed by atoms with Crippen molar-refractivity contribution in [2.45, 2.75) is 27.2 Å². The first-order valence-electron chi connectivity index (χ1n) is 6.40. The van der Waals surface area contributed by atoms with Crippen molar-refractivity contribution >= 4 is 22.3 Å². The number of hydrogen-bond donors (Lipinski definition) is 2. The second kappa shape index (κ2) is 4.84. The van der Waals surface area contributed by atoms with Crippen LogP contribution in [0.5, 0.6) is 0 Å². The zero-order chi connectivity index (χ0) is 13.2. The number of nitrogen functional groups attached to an aromatic ring is 1. The number of benzene rings is 1. The number of nitrogens with zero attached hydrogens (tertiary/aromatic N) is 1. The highest BCUT2D eigenvalue weighted by atomic mass is 14.9. The van der Waals surface area contributed by atoms with E-state index in [1.807, 2.05) is 30.5 Å². The molecule has 0 aliphatic rings. The molecule has 0 fully saturated rings. The number of pyridine rings is 1. The van der Waals surface area contributed by atoms with Crippen LogP contribution in [-0.2, 0) is 0 Å². The quantitative estimate of drug-likeness (QED) is 0.806. The largest absolute Gasteiger partial charge is 0.399 e. The molecule has 0 aliphatic heterocycles. The van der Waals surface area contributed by atoms with Crippen LogP contribution >= 0.6 is 0 Å². The third-order valence-corrected chi connectivity index (χ3v) is 3.48. The molecule has 96 valence electrons. The number of anilines is 2. The Balaban J connectivity index is 2.29. The first kappa shape index (κ1) is 12.7. The Morgan fingerprint density at radius 2 is 2.06 bits per heavy atom. The second-order valence-corrected chi connectivity index (χ2v) is 5.51. The van der Waals surface area contributed by atoms with E-state index in [2.05, 4.69) is 31.1 Å². The molecule has 0 amide bonds. The van der Waals surface area contributed by atoms with Gasteiger partial charge in [-0.05, 0) is 36.1 Å². The van der Waals surface area contributed by atoms with Gasteiger partial charge in [0.2, 0.25) is 0 Å². The molecule has 1 heterocycles. The highest BCUT2D eigenvalue weighted by molar-refractivity contribution is 5.92. The first-order valence-corrected chi connectivity index (χ1v) is 6.40. The van der Waals surface area contributed by atoms with E-state index >= 15 is 0 Å². The third kappa shape index (κ3) is 2.73. The minimum Gasteiger partial charge on any atom is -0.399 e. The second-order valence-electron chi connectivity index (χ2n) is 5.51. The van der Waals surface area contributed by atoms with E-state index < -0.39 is 0 Å². The smallest absolute Gasteiger partial charge is 0.0743 e. The summed E-state index contributed by atoms with van der Waals surface area (Å²) in [5.74, 6) is 0. The summed E-state index contributed by atoms with van der Waals surface area (Å²) in [4.78, 5) is 4.35. The van der Waals surface area contributed by atoms with Crippen LogP contribution in [0.1, 0.15) is 27.2 Å². The minimum absolute atomic E-state index is 0.295. The summed E-state index contributed by atoms with van der Waals surface area (Å²) in [5, 5.41) is 4.64. The first-order chi connectivity index (χ1) is 8.52. The Kier molecular flexibility index (Phi) is 3.41. The van der Waals surface area contributed by atoms with Gasteiger partial charge in [-0.1, -0.05) is 20.8 Å². The van der Waals surface area contributed by atoms with E-state index in [0.29, 0.717) is 5.41 Å². The van der Waals surface area contributed by atoms with Gasteiger partial charge >= 0.3 is 0 Å². The van der Waals surface area contributed by atoms with E-state index in [9.17, 15) is 0 Å². The standard InChI is InChI=1S/C15H21N3/c1-4-15(2,3)10-18-13-7-8-17-14-9-11(16)5-6-12(13)14/h5-9H,4,10,16H2,1-3H3,(H,17,18). The average Bonchev–Trinajstić information content (AvgIpc) is 2.36. The van der Waals surface area contributed by atoms with Crippen molar-refractivity contribution in [1.82, 2.24) is 4.98 Å². The fourth-order valence-corrected chi connectivity index (χ4v) is 1.78. The molecule has 3 N–H and O–H groups in total. The molecule has 0 saturated carbocycles. The summed E-state index contributed by atoms with van der Waals surface area (Å²) >= 11 is 0. The summed E-state index contributed by atoms with van der Waals surface area (Å²) in [5.41, 5.74) is 8.89. The molecule has 0 unspecified atom stereocenters. The Hall–Kier alpha value is -1.77. The lowest BCUT2D eigenvalue weighted by Crippen LogP contribution is -2.22. The van der Waals surface area contributed by atoms with Crippen LogP contribution in [-0.4, -0.2) is 11.5 Å². The number of hydrogen-bond acceptors (Lipinski definition) is 3. The predicted molar refractivity (Wildman–Crippen MR) is 78.7 cm³/mol. The predicted octanol–water partition coefficient (Wildman–Crippen LogP) is 3.67. The summed E-state index contributed by atoms with van der Waals surface area (Å²) < 4.78 is 0. The Morgan fingerprint density at radius 3 is 2.78 bits per heavy atom. The number of aromatic nitrogens is 1. The van der Waals surface area contributed by atoms with Gasteiger partial charge in [0, 0.05) is 29.5 Å². The number of nitrogens with one attached hydrogen (secondary N) is 1. The molecule has 0 aliphatic carbocycles. The van der Waals surface area contributed by atoms with Crippen LogP contribution < -0.4 is 11.1 Å². The Bertz CT molecular complexity index is 546. The van der Waals surface area contributed by atoms with Gasteiger partial charge in [0.25, 0.3) is 0 Å². The lowest BCUT2D eigenvalue weighted by molar-refractivity contribution is 0.377. The fourth-order valence-electron chi connectivity index (χ4n) is 1.78. The molecular weight excluding hydrogens is 222 g/mol. The van der Waals surface area contributed by atoms with Crippen LogP contribution in [0, 0.1) is 5.41 Å². The van der Waals surface area contributed by atoms with Gasteiger partial charge in [-0.3, -0.25) is 4.98 Å². The molecule has 2 rings (SSSR count). The lowest BCUT2D eigenvalue weighted by atomic mass is 9.90. The molecule has 0 bridgehead atoms. The maximum absolute atomic E-state index is 5.78. The van der Waals surface area contributed by atoms with E-state index in [-0.39, 0.29) is 0 Å². The van der Waals surface area contributed by atoms with Crippen molar-refractivity contribution in [2.24, 2.45) is 5.41 Å². The molecule has 1 aromatic heterocycles. The van der Waals surface area contributed by atoms with Crippen LogP contribution in [0.15, 0.2) is 30.5 Å². The molecule has 0 radical (unpaired) electrons.